The summed E-state index contributed by atoms with van der Waals surface area (Å²) in [4.78, 5) is 15.7. The van der Waals surface area contributed by atoms with E-state index in [1.54, 1.807) is 13.8 Å². The summed E-state index contributed by atoms with van der Waals surface area (Å²) in [6.45, 7) is 7.53. The quantitative estimate of drug-likeness (QED) is 0.774. The molecule has 0 aliphatic carbocycles. The van der Waals surface area contributed by atoms with Crippen molar-refractivity contribution in [2.24, 2.45) is 0 Å². The molecule has 0 aromatic carbocycles. The zero-order chi connectivity index (χ0) is 17.0. The molecule has 0 radical (unpaired) electrons. The maximum atomic E-state index is 12.1. The molecule has 1 saturated heterocycles. The highest BCUT2D eigenvalue weighted by molar-refractivity contribution is 8.23. The van der Waals surface area contributed by atoms with Crippen LogP contribution >= 0.6 is 24.0 Å². The molecule has 0 saturated carbocycles. The molecule has 23 heavy (non-hydrogen) atoms. The molecule has 8 heteroatoms. The van der Waals surface area contributed by atoms with Crippen molar-refractivity contribution in [1.29, 1.82) is 5.26 Å². The first kappa shape index (κ1) is 17.8. The van der Waals surface area contributed by atoms with Crippen molar-refractivity contribution in [3.8, 4) is 6.07 Å². The van der Waals surface area contributed by atoms with Crippen LogP contribution in [0.25, 0.3) is 0 Å². The lowest BCUT2D eigenvalue weighted by atomic mass is 10.2. The molecule has 2 rings (SSSR count). The molecule has 1 aromatic heterocycles. The van der Waals surface area contributed by atoms with Crippen LogP contribution in [0, 0.1) is 25.2 Å². The third kappa shape index (κ3) is 4.47. The van der Waals surface area contributed by atoms with Crippen molar-refractivity contribution >= 4 is 40.1 Å². The minimum absolute atomic E-state index is 0.210. The van der Waals surface area contributed by atoms with E-state index in [0.29, 0.717) is 11.3 Å². The van der Waals surface area contributed by atoms with Crippen LogP contribution in [0.2, 0.25) is 0 Å². The number of amides is 1. The number of aryl methyl sites for hydroxylation is 1. The topological polar surface area (TPSA) is 73.7 Å². The van der Waals surface area contributed by atoms with Gasteiger partial charge in [0.15, 0.2) is 0 Å². The average Bonchev–Trinajstić information content (AvgIpc) is 2.79. The highest BCUT2D eigenvalue weighted by Gasteiger charge is 2.21. The maximum absolute atomic E-state index is 12.1. The summed E-state index contributed by atoms with van der Waals surface area (Å²) in [5.74, 6) is 0.853. The number of carbonyl (C=O) groups is 1. The number of piperazine rings is 1. The second-order valence-corrected chi connectivity index (χ2v) is 7.26. The standard InChI is InChI=1S/C15H20N4O2S2/c1-10-11(2)21-14(12(10)8-16)17-13(20)9-23-15(22)19-6-4-18(3)5-7-19/h4-7,9H2,1-3H3,(H,17,20)/p+1. The summed E-state index contributed by atoms with van der Waals surface area (Å²) in [7, 11) is 2.17. The first-order chi connectivity index (χ1) is 10.9. The van der Waals surface area contributed by atoms with Gasteiger partial charge in [0, 0.05) is 5.56 Å². The highest BCUT2D eigenvalue weighted by Crippen LogP contribution is 2.25. The van der Waals surface area contributed by atoms with Gasteiger partial charge in [0.2, 0.25) is 11.8 Å². The number of thiocarbonyl (C=S) groups is 1. The first-order valence-corrected chi connectivity index (χ1v) is 8.84. The van der Waals surface area contributed by atoms with Crippen LogP contribution in [0.3, 0.4) is 0 Å². The predicted octanol–water partition coefficient (Wildman–Crippen LogP) is 0.555. The Hall–Kier alpha value is -1.56. The molecule has 2 heterocycles. The van der Waals surface area contributed by atoms with Crippen molar-refractivity contribution in [2.75, 3.05) is 44.3 Å². The summed E-state index contributed by atoms with van der Waals surface area (Å²) in [5.41, 5.74) is 1.14. The molecule has 0 unspecified atom stereocenters. The Kier molecular flexibility index (Phi) is 6.04. The monoisotopic (exact) mass is 353 g/mol. The molecule has 0 atom stereocenters. The van der Waals surface area contributed by atoms with Crippen LogP contribution in [0.15, 0.2) is 4.42 Å². The normalized spacial score (nSPS) is 15.3. The maximum Gasteiger partial charge on any atom is 0.237 e. The zero-order valence-electron chi connectivity index (χ0n) is 13.6. The first-order valence-electron chi connectivity index (χ1n) is 7.45. The van der Waals surface area contributed by atoms with Crippen LogP contribution in [0.4, 0.5) is 5.88 Å². The van der Waals surface area contributed by atoms with Gasteiger partial charge in [-0.25, -0.2) is 0 Å². The van der Waals surface area contributed by atoms with Crippen LogP contribution in [-0.2, 0) is 4.79 Å². The van der Waals surface area contributed by atoms with Crippen molar-refractivity contribution < 1.29 is 14.1 Å². The number of nitrogens with one attached hydrogen (secondary N) is 2. The Morgan fingerprint density at radius 1 is 1.48 bits per heavy atom. The third-order valence-electron chi connectivity index (χ3n) is 3.95. The van der Waals surface area contributed by atoms with Gasteiger partial charge in [-0.05, 0) is 13.8 Å². The van der Waals surface area contributed by atoms with Crippen LogP contribution in [-0.4, -0.2) is 54.1 Å². The van der Waals surface area contributed by atoms with Crippen LogP contribution < -0.4 is 10.2 Å². The number of rotatable bonds is 3. The fourth-order valence-corrected chi connectivity index (χ4v) is 3.35. The van der Waals surface area contributed by atoms with Crippen LogP contribution in [0.1, 0.15) is 16.9 Å². The van der Waals surface area contributed by atoms with E-state index in [0.717, 1.165) is 36.1 Å². The lowest BCUT2D eigenvalue weighted by Crippen LogP contribution is -3.12. The summed E-state index contributed by atoms with van der Waals surface area (Å²) in [6, 6.07) is 2.06. The van der Waals surface area contributed by atoms with Gasteiger partial charge < -0.3 is 14.2 Å². The number of anilines is 1. The molecule has 1 fully saturated rings. The van der Waals surface area contributed by atoms with Gasteiger partial charge >= 0.3 is 0 Å². The lowest BCUT2D eigenvalue weighted by Gasteiger charge is -2.31. The highest BCUT2D eigenvalue weighted by atomic mass is 32.2. The molecule has 0 spiro atoms. The van der Waals surface area contributed by atoms with E-state index in [1.807, 2.05) is 0 Å². The van der Waals surface area contributed by atoms with Crippen molar-refractivity contribution in [3.63, 3.8) is 0 Å². The van der Waals surface area contributed by atoms with E-state index in [4.69, 9.17) is 21.9 Å². The van der Waals surface area contributed by atoms with Crippen LogP contribution in [0.5, 0.6) is 0 Å². The molecule has 2 N–H and O–H groups in total. The number of likely N-dealkylation sites (N-methyl/N-ethyl adjacent to an activating group) is 1. The molecule has 124 valence electrons. The Bertz CT molecular complexity index is 643. The van der Waals surface area contributed by atoms with Gasteiger partial charge in [-0.1, -0.05) is 24.0 Å². The minimum atomic E-state index is -0.220. The van der Waals surface area contributed by atoms with E-state index in [-0.39, 0.29) is 17.5 Å². The molecule has 6 nitrogen and oxygen atoms in total. The smallest absolute Gasteiger partial charge is 0.237 e. The zero-order valence-corrected chi connectivity index (χ0v) is 15.2. The predicted molar refractivity (Wildman–Crippen MR) is 94.8 cm³/mol. The number of nitriles is 1. The van der Waals surface area contributed by atoms with Crippen molar-refractivity contribution in [1.82, 2.24) is 4.90 Å². The summed E-state index contributed by atoms with van der Waals surface area (Å²) in [6.07, 6.45) is 0. The summed E-state index contributed by atoms with van der Waals surface area (Å²) < 4.78 is 6.18. The van der Waals surface area contributed by atoms with Gasteiger partial charge in [-0.3, -0.25) is 10.1 Å². The fraction of sp³-hybridized carbons (Fsp3) is 0.533. The van der Waals surface area contributed by atoms with E-state index in [2.05, 4.69) is 23.3 Å². The number of quaternary nitrogens is 1. The number of hydrogen-bond acceptors (Lipinski definition) is 5. The van der Waals surface area contributed by atoms with Gasteiger partial charge in [0.05, 0.1) is 39.0 Å². The van der Waals surface area contributed by atoms with E-state index in [1.165, 1.54) is 16.7 Å². The molecular formula is C15H21N4O2S2+. The Morgan fingerprint density at radius 3 is 2.74 bits per heavy atom. The number of furan rings is 1. The van der Waals surface area contributed by atoms with E-state index < -0.39 is 0 Å². The van der Waals surface area contributed by atoms with Gasteiger partial charge in [0.1, 0.15) is 21.7 Å². The number of thioether (sulfide) groups is 1. The third-order valence-corrected chi connectivity index (χ3v) is 5.48. The van der Waals surface area contributed by atoms with Gasteiger partial charge in [-0.2, -0.15) is 5.26 Å². The molecule has 1 amide bonds. The molecule has 0 bridgehead atoms. The molecule has 1 aliphatic rings. The largest absolute Gasteiger partial charge is 0.444 e. The van der Waals surface area contributed by atoms with Gasteiger partial charge in [0.25, 0.3) is 0 Å². The summed E-state index contributed by atoms with van der Waals surface area (Å²) >= 11 is 6.74. The van der Waals surface area contributed by atoms with E-state index >= 15 is 0 Å². The fourth-order valence-electron chi connectivity index (χ4n) is 2.30. The summed E-state index contributed by atoms with van der Waals surface area (Å²) in [5, 5.41) is 11.8. The average molecular weight is 353 g/mol. The molecule has 1 aliphatic heterocycles. The molecule has 1 aromatic rings. The lowest BCUT2D eigenvalue weighted by molar-refractivity contribution is -0.883. The minimum Gasteiger partial charge on any atom is -0.444 e. The van der Waals surface area contributed by atoms with Crippen molar-refractivity contribution in [2.45, 2.75) is 13.8 Å². The Morgan fingerprint density at radius 2 is 2.13 bits per heavy atom. The Balaban J connectivity index is 1.85. The molecular weight excluding hydrogens is 332 g/mol. The van der Waals surface area contributed by atoms with Crippen molar-refractivity contribution in [3.05, 3.63) is 16.9 Å². The number of carbonyl (C=O) groups excluding carboxylic acids is 1. The van der Waals surface area contributed by atoms with Gasteiger partial charge in [-0.15, -0.1) is 0 Å². The SMILES string of the molecule is Cc1oc(NC(=O)CSC(=S)N2CC[NH+](C)CC2)c(C#N)c1C. The van der Waals surface area contributed by atoms with E-state index in [9.17, 15) is 4.79 Å². The second kappa shape index (κ2) is 7.81. The Labute approximate surface area is 145 Å². The second-order valence-electron chi connectivity index (χ2n) is 5.65. The number of hydrogen-bond donors (Lipinski definition) is 2. The number of nitrogens with zero attached hydrogens (tertiary/aromatic N) is 2.